The van der Waals surface area contributed by atoms with Crippen molar-refractivity contribution in [1.82, 2.24) is 10.2 Å². The zero-order valence-electron chi connectivity index (χ0n) is 24.0. The summed E-state index contributed by atoms with van der Waals surface area (Å²) in [5.41, 5.74) is 2.18. The number of anilines is 1. The summed E-state index contributed by atoms with van der Waals surface area (Å²) < 4.78 is 34.3. The van der Waals surface area contributed by atoms with E-state index in [-0.39, 0.29) is 23.4 Å². The Hall–Kier alpha value is -3.85. The van der Waals surface area contributed by atoms with Crippen molar-refractivity contribution >= 4 is 27.5 Å². The van der Waals surface area contributed by atoms with Gasteiger partial charge in [-0.1, -0.05) is 67.8 Å². The molecule has 0 heterocycles. The SMILES string of the molecule is CC[C@H](C(=O)NC1CCCC1)N(Cc1ccccc1)C(=O)CN(c1ccc(C)cc1)S(=O)(=O)c1ccc(OC)cc1. The van der Waals surface area contributed by atoms with Crippen LogP contribution in [0.1, 0.15) is 50.2 Å². The van der Waals surface area contributed by atoms with Crippen LogP contribution in [-0.2, 0) is 26.2 Å². The molecular formula is C32H39N3O5S. The average molecular weight is 578 g/mol. The summed E-state index contributed by atoms with van der Waals surface area (Å²) >= 11 is 0. The van der Waals surface area contributed by atoms with Gasteiger partial charge in [-0.25, -0.2) is 8.42 Å². The van der Waals surface area contributed by atoms with E-state index in [1.165, 1.54) is 24.1 Å². The highest BCUT2D eigenvalue weighted by atomic mass is 32.2. The summed E-state index contributed by atoms with van der Waals surface area (Å²) in [6, 6.07) is 21.9. The Labute approximate surface area is 243 Å². The van der Waals surface area contributed by atoms with Crippen molar-refractivity contribution in [3.05, 3.63) is 90.0 Å². The van der Waals surface area contributed by atoms with E-state index in [0.717, 1.165) is 41.1 Å². The molecule has 1 atom stereocenters. The molecule has 0 aliphatic heterocycles. The minimum absolute atomic E-state index is 0.0345. The second-order valence-corrected chi connectivity index (χ2v) is 12.3. The van der Waals surface area contributed by atoms with Crippen molar-refractivity contribution in [2.75, 3.05) is 18.0 Å². The number of ether oxygens (including phenoxy) is 1. The number of rotatable bonds is 12. The maximum Gasteiger partial charge on any atom is 0.264 e. The molecule has 3 aromatic rings. The van der Waals surface area contributed by atoms with Gasteiger partial charge >= 0.3 is 0 Å². The fourth-order valence-corrected chi connectivity index (χ4v) is 6.60. The average Bonchev–Trinajstić information content (AvgIpc) is 3.49. The standard InChI is InChI=1S/C32H39N3O5S/c1-4-30(32(37)33-26-12-8-9-13-26)34(22-25-10-6-5-7-11-25)31(36)23-35(27-16-14-24(2)15-17-27)41(38,39)29-20-18-28(40-3)19-21-29/h5-7,10-11,14-21,26,30H,4,8-9,12-13,22-23H2,1-3H3,(H,33,37)/t30-/m1/s1. The molecule has 1 fully saturated rings. The lowest BCUT2D eigenvalue weighted by molar-refractivity contribution is -0.140. The van der Waals surface area contributed by atoms with E-state index in [1.807, 2.05) is 56.3 Å². The molecule has 0 saturated heterocycles. The summed E-state index contributed by atoms with van der Waals surface area (Å²) in [6.07, 6.45) is 4.39. The molecule has 0 unspecified atom stereocenters. The number of hydrogen-bond acceptors (Lipinski definition) is 5. The Balaban J connectivity index is 1.69. The Kier molecular flexibility index (Phi) is 10.0. The summed E-state index contributed by atoms with van der Waals surface area (Å²) in [4.78, 5) is 29.2. The van der Waals surface area contributed by atoms with Gasteiger partial charge in [0.15, 0.2) is 0 Å². The highest BCUT2D eigenvalue weighted by Gasteiger charge is 2.34. The summed E-state index contributed by atoms with van der Waals surface area (Å²) in [7, 11) is -2.63. The highest BCUT2D eigenvalue weighted by Crippen LogP contribution is 2.27. The number of nitrogens with zero attached hydrogens (tertiary/aromatic N) is 2. The number of aryl methyl sites for hydroxylation is 1. The molecule has 1 saturated carbocycles. The number of nitrogens with one attached hydrogen (secondary N) is 1. The Morgan fingerprint density at radius 2 is 1.59 bits per heavy atom. The van der Waals surface area contributed by atoms with Crippen molar-refractivity contribution in [2.45, 2.75) is 69.5 Å². The first-order valence-corrected chi connectivity index (χ1v) is 15.5. The number of benzene rings is 3. The third kappa shape index (κ3) is 7.47. The van der Waals surface area contributed by atoms with Crippen LogP contribution in [0.3, 0.4) is 0 Å². The molecule has 3 aromatic carbocycles. The quantitative estimate of drug-likeness (QED) is 0.325. The second-order valence-electron chi connectivity index (χ2n) is 10.4. The number of hydrogen-bond donors (Lipinski definition) is 1. The normalized spacial score (nSPS) is 14.3. The Bertz CT molecular complexity index is 1400. The number of carbonyl (C=O) groups is 2. The van der Waals surface area contributed by atoms with Crippen molar-refractivity contribution in [1.29, 1.82) is 0 Å². The van der Waals surface area contributed by atoms with E-state index in [0.29, 0.717) is 17.9 Å². The molecule has 218 valence electrons. The van der Waals surface area contributed by atoms with Crippen LogP contribution in [0, 0.1) is 6.92 Å². The second kappa shape index (κ2) is 13.7. The highest BCUT2D eigenvalue weighted by molar-refractivity contribution is 7.92. The largest absolute Gasteiger partial charge is 0.497 e. The van der Waals surface area contributed by atoms with E-state index in [2.05, 4.69) is 5.32 Å². The van der Waals surface area contributed by atoms with Gasteiger partial charge in [-0.3, -0.25) is 13.9 Å². The number of methoxy groups -OCH3 is 1. The fourth-order valence-electron chi connectivity index (χ4n) is 5.18. The van der Waals surface area contributed by atoms with Gasteiger partial charge in [0.1, 0.15) is 18.3 Å². The smallest absolute Gasteiger partial charge is 0.264 e. The predicted octanol–water partition coefficient (Wildman–Crippen LogP) is 5.07. The van der Waals surface area contributed by atoms with E-state index in [1.54, 1.807) is 24.3 Å². The first kappa shape index (κ1) is 30.1. The molecule has 9 heteroatoms. The molecule has 1 aliphatic carbocycles. The minimum atomic E-state index is -4.13. The first-order chi connectivity index (χ1) is 19.7. The zero-order chi connectivity index (χ0) is 29.4. The third-order valence-electron chi connectivity index (χ3n) is 7.53. The maximum absolute atomic E-state index is 14.1. The lowest BCUT2D eigenvalue weighted by Crippen LogP contribution is -2.53. The van der Waals surface area contributed by atoms with Gasteiger partial charge in [0.05, 0.1) is 17.7 Å². The van der Waals surface area contributed by atoms with Crippen LogP contribution in [-0.4, -0.2) is 50.9 Å². The molecule has 0 aromatic heterocycles. The van der Waals surface area contributed by atoms with Gasteiger partial charge in [-0.05, 0) is 68.1 Å². The van der Waals surface area contributed by atoms with Gasteiger partial charge in [0.2, 0.25) is 11.8 Å². The van der Waals surface area contributed by atoms with Crippen molar-refractivity contribution in [2.24, 2.45) is 0 Å². The van der Waals surface area contributed by atoms with E-state index < -0.39 is 28.5 Å². The van der Waals surface area contributed by atoms with Crippen LogP contribution >= 0.6 is 0 Å². The molecule has 1 aliphatic rings. The Morgan fingerprint density at radius 3 is 2.17 bits per heavy atom. The van der Waals surface area contributed by atoms with Crippen LogP contribution in [0.15, 0.2) is 83.8 Å². The van der Waals surface area contributed by atoms with Crippen LogP contribution in [0.2, 0.25) is 0 Å². The van der Waals surface area contributed by atoms with Crippen LogP contribution < -0.4 is 14.4 Å². The first-order valence-electron chi connectivity index (χ1n) is 14.1. The molecule has 8 nitrogen and oxygen atoms in total. The van der Waals surface area contributed by atoms with E-state index in [4.69, 9.17) is 4.74 Å². The van der Waals surface area contributed by atoms with Gasteiger partial charge < -0.3 is 15.0 Å². The Morgan fingerprint density at radius 1 is 0.951 bits per heavy atom. The monoisotopic (exact) mass is 577 g/mol. The lowest BCUT2D eigenvalue weighted by atomic mass is 10.1. The van der Waals surface area contributed by atoms with Gasteiger partial charge in [-0.2, -0.15) is 0 Å². The fraction of sp³-hybridized carbons (Fsp3) is 0.375. The number of sulfonamides is 1. The van der Waals surface area contributed by atoms with Crippen LogP contribution in [0.4, 0.5) is 5.69 Å². The minimum Gasteiger partial charge on any atom is -0.497 e. The molecule has 41 heavy (non-hydrogen) atoms. The topological polar surface area (TPSA) is 96.0 Å². The maximum atomic E-state index is 14.1. The van der Waals surface area contributed by atoms with E-state index in [9.17, 15) is 18.0 Å². The summed E-state index contributed by atoms with van der Waals surface area (Å²) in [5, 5.41) is 3.13. The lowest BCUT2D eigenvalue weighted by Gasteiger charge is -2.33. The van der Waals surface area contributed by atoms with Crippen molar-refractivity contribution in [3.63, 3.8) is 0 Å². The molecular weight excluding hydrogens is 538 g/mol. The van der Waals surface area contributed by atoms with Gasteiger partial charge in [0, 0.05) is 12.6 Å². The molecule has 0 bridgehead atoms. The van der Waals surface area contributed by atoms with Crippen LogP contribution in [0.5, 0.6) is 5.75 Å². The molecule has 1 N–H and O–H groups in total. The molecule has 0 radical (unpaired) electrons. The third-order valence-corrected chi connectivity index (χ3v) is 9.32. The summed E-state index contributed by atoms with van der Waals surface area (Å²) in [6.45, 7) is 3.50. The number of amides is 2. The summed E-state index contributed by atoms with van der Waals surface area (Å²) in [5.74, 6) is -0.140. The zero-order valence-corrected chi connectivity index (χ0v) is 24.8. The van der Waals surface area contributed by atoms with Crippen molar-refractivity contribution in [3.8, 4) is 5.75 Å². The molecule has 0 spiro atoms. The molecule has 2 amide bonds. The van der Waals surface area contributed by atoms with Crippen molar-refractivity contribution < 1.29 is 22.7 Å². The van der Waals surface area contributed by atoms with Gasteiger partial charge in [0.25, 0.3) is 10.0 Å². The van der Waals surface area contributed by atoms with Crippen LogP contribution in [0.25, 0.3) is 0 Å². The predicted molar refractivity (Wildman–Crippen MR) is 160 cm³/mol. The molecule has 4 rings (SSSR count). The van der Waals surface area contributed by atoms with E-state index >= 15 is 0 Å². The van der Waals surface area contributed by atoms with Gasteiger partial charge in [-0.15, -0.1) is 0 Å². The number of carbonyl (C=O) groups excluding carboxylic acids is 2.